The number of piperidine rings is 2. The van der Waals surface area contributed by atoms with Crippen molar-refractivity contribution in [1.82, 2.24) is 4.90 Å². The second-order valence-electron chi connectivity index (χ2n) is 3.72. The highest BCUT2D eigenvalue weighted by Crippen LogP contribution is 2.32. The van der Waals surface area contributed by atoms with Crippen molar-refractivity contribution in [3.8, 4) is 0 Å². The highest BCUT2D eigenvalue weighted by molar-refractivity contribution is 5.49. The summed E-state index contributed by atoms with van der Waals surface area (Å²) in [6.45, 7) is 0. The Morgan fingerprint density at radius 1 is 1.00 bits per heavy atom. The van der Waals surface area contributed by atoms with E-state index in [1.807, 2.05) is 0 Å². The van der Waals surface area contributed by atoms with Gasteiger partial charge in [-0.25, -0.2) is 0 Å². The summed E-state index contributed by atoms with van der Waals surface area (Å²) in [5.41, 5.74) is 0. The number of rotatable bonds is 1. The van der Waals surface area contributed by atoms with Gasteiger partial charge < -0.3 is 4.90 Å². The molecule has 0 aromatic heterocycles. The van der Waals surface area contributed by atoms with Gasteiger partial charge in [-0.3, -0.25) is 4.79 Å². The molecule has 0 N–H and O–H groups in total. The van der Waals surface area contributed by atoms with E-state index < -0.39 is 0 Å². The molecular formula is C9H15NO. The summed E-state index contributed by atoms with van der Waals surface area (Å²) in [5.74, 6) is 0. The summed E-state index contributed by atoms with van der Waals surface area (Å²) >= 11 is 0. The molecule has 1 amide bonds. The maximum atomic E-state index is 10.7. The Labute approximate surface area is 67.6 Å². The van der Waals surface area contributed by atoms with Gasteiger partial charge in [-0.2, -0.15) is 0 Å². The monoisotopic (exact) mass is 153 g/mol. The van der Waals surface area contributed by atoms with Crippen molar-refractivity contribution in [3.05, 3.63) is 0 Å². The second kappa shape index (κ2) is 2.84. The Hall–Kier alpha value is -0.530. The van der Waals surface area contributed by atoms with E-state index in [9.17, 15) is 4.79 Å². The number of fused-ring (bicyclic) bond motifs is 2. The number of nitrogens with zero attached hydrogens (tertiary/aromatic N) is 1. The van der Waals surface area contributed by atoms with Crippen molar-refractivity contribution >= 4 is 6.41 Å². The first-order chi connectivity index (χ1) is 5.42. The van der Waals surface area contributed by atoms with Crippen LogP contribution in [-0.2, 0) is 4.79 Å². The first-order valence-electron chi connectivity index (χ1n) is 4.64. The third-order valence-electron chi connectivity index (χ3n) is 3.11. The van der Waals surface area contributed by atoms with Gasteiger partial charge in [0, 0.05) is 12.1 Å². The number of carbonyl (C=O) groups is 1. The Kier molecular flexibility index (Phi) is 1.84. The zero-order chi connectivity index (χ0) is 7.68. The van der Waals surface area contributed by atoms with Gasteiger partial charge in [0.2, 0.25) is 6.41 Å². The Bertz CT molecular complexity index is 136. The van der Waals surface area contributed by atoms with Crippen LogP contribution in [0.5, 0.6) is 0 Å². The lowest BCUT2D eigenvalue weighted by atomic mass is 9.85. The first kappa shape index (κ1) is 7.14. The summed E-state index contributed by atoms with van der Waals surface area (Å²) in [5, 5.41) is 0. The molecule has 0 saturated carbocycles. The molecule has 2 heteroatoms. The lowest BCUT2D eigenvalue weighted by molar-refractivity contribution is -0.126. The maximum Gasteiger partial charge on any atom is 0.210 e. The smallest absolute Gasteiger partial charge is 0.210 e. The molecule has 2 bridgehead atoms. The molecule has 0 aliphatic carbocycles. The minimum atomic E-state index is 0.597. The van der Waals surface area contributed by atoms with Gasteiger partial charge in [0.15, 0.2) is 0 Å². The SMILES string of the molecule is O=CN1C2CCCC1CCC2. The van der Waals surface area contributed by atoms with Crippen LogP contribution in [0.25, 0.3) is 0 Å². The van der Waals surface area contributed by atoms with Crippen molar-refractivity contribution in [3.63, 3.8) is 0 Å². The number of carbonyl (C=O) groups excluding carboxylic acids is 1. The van der Waals surface area contributed by atoms with Crippen molar-refractivity contribution in [2.45, 2.75) is 50.6 Å². The standard InChI is InChI=1S/C9H15NO/c11-7-10-8-3-1-4-9(10)6-2-5-8/h7-9H,1-6H2. The minimum absolute atomic E-state index is 0.597. The van der Waals surface area contributed by atoms with Gasteiger partial charge in [0.25, 0.3) is 0 Å². The van der Waals surface area contributed by atoms with Crippen LogP contribution in [0, 0.1) is 0 Å². The van der Waals surface area contributed by atoms with Crippen molar-refractivity contribution < 1.29 is 4.79 Å². The van der Waals surface area contributed by atoms with Crippen LogP contribution in [0.3, 0.4) is 0 Å². The molecule has 2 aliphatic rings. The van der Waals surface area contributed by atoms with E-state index in [2.05, 4.69) is 4.90 Å². The molecule has 2 saturated heterocycles. The fourth-order valence-corrected chi connectivity index (χ4v) is 2.53. The Balaban J connectivity index is 2.10. The van der Waals surface area contributed by atoms with Crippen LogP contribution in [0.2, 0.25) is 0 Å². The fraction of sp³-hybridized carbons (Fsp3) is 0.889. The average Bonchev–Trinajstić information content (AvgIpc) is 2.03. The molecular weight excluding hydrogens is 138 g/mol. The lowest BCUT2D eigenvalue weighted by Crippen LogP contribution is -2.48. The summed E-state index contributed by atoms with van der Waals surface area (Å²) < 4.78 is 0. The average molecular weight is 153 g/mol. The summed E-state index contributed by atoms with van der Waals surface area (Å²) in [6.07, 6.45) is 8.71. The molecule has 0 unspecified atom stereocenters. The van der Waals surface area contributed by atoms with Gasteiger partial charge in [0.05, 0.1) is 0 Å². The molecule has 2 fully saturated rings. The van der Waals surface area contributed by atoms with Crippen molar-refractivity contribution in [1.29, 1.82) is 0 Å². The predicted molar refractivity (Wildman–Crippen MR) is 43.2 cm³/mol. The molecule has 2 nitrogen and oxygen atoms in total. The van der Waals surface area contributed by atoms with Gasteiger partial charge in [0.1, 0.15) is 0 Å². The second-order valence-corrected chi connectivity index (χ2v) is 3.72. The van der Waals surface area contributed by atoms with E-state index in [1.165, 1.54) is 38.5 Å². The quantitative estimate of drug-likeness (QED) is 0.523. The zero-order valence-corrected chi connectivity index (χ0v) is 6.83. The molecule has 0 aromatic carbocycles. The van der Waals surface area contributed by atoms with Gasteiger partial charge in [-0.15, -0.1) is 0 Å². The molecule has 0 spiro atoms. The van der Waals surface area contributed by atoms with E-state index in [0.29, 0.717) is 12.1 Å². The van der Waals surface area contributed by atoms with Crippen LogP contribution in [0.4, 0.5) is 0 Å². The number of hydrogen-bond acceptors (Lipinski definition) is 1. The normalized spacial score (nSPS) is 36.9. The predicted octanol–water partition coefficient (Wildman–Crippen LogP) is 1.55. The zero-order valence-electron chi connectivity index (χ0n) is 6.83. The highest BCUT2D eigenvalue weighted by Gasteiger charge is 2.32. The summed E-state index contributed by atoms with van der Waals surface area (Å²) in [6, 6.07) is 1.19. The fourth-order valence-electron chi connectivity index (χ4n) is 2.53. The summed E-state index contributed by atoms with van der Waals surface area (Å²) in [4.78, 5) is 12.8. The van der Waals surface area contributed by atoms with Crippen LogP contribution in [0.15, 0.2) is 0 Å². The largest absolute Gasteiger partial charge is 0.339 e. The van der Waals surface area contributed by atoms with Crippen LogP contribution >= 0.6 is 0 Å². The van der Waals surface area contributed by atoms with Crippen LogP contribution < -0.4 is 0 Å². The van der Waals surface area contributed by atoms with Gasteiger partial charge in [-0.05, 0) is 38.5 Å². The van der Waals surface area contributed by atoms with E-state index in [1.54, 1.807) is 0 Å². The van der Waals surface area contributed by atoms with E-state index in [0.717, 1.165) is 6.41 Å². The number of amides is 1. The van der Waals surface area contributed by atoms with Crippen LogP contribution in [0.1, 0.15) is 38.5 Å². The number of hydrogen-bond donors (Lipinski definition) is 0. The first-order valence-corrected chi connectivity index (χ1v) is 4.64. The van der Waals surface area contributed by atoms with Crippen LogP contribution in [-0.4, -0.2) is 23.4 Å². The third-order valence-corrected chi connectivity index (χ3v) is 3.11. The van der Waals surface area contributed by atoms with Gasteiger partial charge >= 0.3 is 0 Å². The van der Waals surface area contributed by atoms with E-state index in [-0.39, 0.29) is 0 Å². The van der Waals surface area contributed by atoms with E-state index in [4.69, 9.17) is 0 Å². The topological polar surface area (TPSA) is 20.3 Å². The Morgan fingerprint density at radius 2 is 1.45 bits per heavy atom. The molecule has 0 aromatic rings. The lowest BCUT2D eigenvalue weighted by Gasteiger charge is -2.43. The van der Waals surface area contributed by atoms with Gasteiger partial charge in [-0.1, -0.05) is 0 Å². The molecule has 2 rings (SSSR count). The molecule has 0 atom stereocenters. The highest BCUT2D eigenvalue weighted by atomic mass is 16.1. The molecule has 11 heavy (non-hydrogen) atoms. The Morgan fingerprint density at radius 3 is 1.73 bits per heavy atom. The third kappa shape index (κ3) is 1.15. The minimum Gasteiger partial charge on any atom is -0.339 e. The molecule has 0 radical (unpaired) electrons. The molecule has 2 aliphatic heterocycles. The molecule has 2 heterocycles. The van der Waals surface area contributed by atoms with Crippen molar-refractivity contribution in [2.75, 3.05) is 0 Å². The maximum absolute atomic E-state index is 10.7. The summed E-state index contributed by atoms with van der Waals surface area (Å²) in [7, 11) is 0. The van der Waals surface area contributed by atoms with E-state index >= 15 is 0 Å². The van der Waals surface area contributed by atoms with Crippen molar-refractivity contribution in [2.24, 2.45) is 0 Å². The molecule has 62 valence electrons.